The van der Waals surface area contributed by atoms with Crippen molar-refractivity contribution < 1.29 is 15.3 Å². The van der Waals surface area contributed by atoms with Gasteiger partial charge in [-0.3, -0.25) is 5.10 Å². The number of aromatic hydroxyl groups is 2. The summed E-state index contributed by atoms with van der Waals surface area (Å²) in [4.78, 5) is 0. The van der Waals surface area contributed by atoms with Crippen LogP contribution in [0.5, 0.6) is 11.5 Å². The van der Waals surface area contributed by atoms with Gasteiger partial charge in [-0.25, -0.2) is 0 Å². The summed E-state index contributed by atoms with van der Waals surface area (Å²) in [5.41, 5.74) is 4.98. The van der Waals surface area contributed by atoms with Gasteiger partial charge in [-0.2, -0.15) is 5.10 Å². The second kappa shape index (κ2) is 5.59. The first kappa shape index (κ1) is 15.9. The quantitative estimate of drug-likeness (QED) is 0.412. The highest BCUT2D eigenvalue weighted by Gasteiger charge is 2.36. The predicted octanol–water partition coefficient (Wildman–Crippen LogP) is 3.62. The minimum atomic E-state index is -1.16. The molecule has 3 aromatic rings. The van der Waals surface area contributed by atoms with Crippen LogP contribution < -0.4 is 0 Å². The molecule has 4 N–H and O–H groups in total. The standard InChI is InChI=1S/C22H18N2O3/c25-18-11-15-10-17-20(16(15)12-19(18)26)23-24-21(17)22(27)8-6-14(7-9-22)13-4-2-1-3-5-13/h1-8,11-12,25-27H,9-10H2,(H,23,24). The fourth-order valence-electron chi connectivity index (χ4n) is 3.95. The van der Waals surface area contributed by atoms with Crippen LogP contribution in [-0.4, -0.2) is 25.5 Å². The normalized spacial score (nSPS) is 20.3. The van der Waals surface area contributed by atoms with Gasteiger partial charge in [0.15, 0.2) is 11.5 Å². The van der Waals surface area contributed by atoms with Crippen LogP contribution in [0.15, 0.2) is 60.7 Å². The van der Waals surface area contributed by atoms with Gasteiger partial charge in [-0.1, -0.05) is 42.5 Å². The third-order valence-corrected chi connectivity index (χ3v) is 5.40. The van der Waals surface area contributed by atoms with Crippen molar-refractivity contribution in [3.8, 4) is 22.8 Å². The van der Waals surface area contributed by atoms with E-state index in [1.54, 1.807) is 12.1 Å². The van der Waals surface area contributed by atoms with Crippen LogP contribution >= 0.6 is 0 Å². The average Bonchev–Trinajstić information content (AvgIpc) is 3.23. The maximum absolute atomic E-state index is 11.2. The van der Waals surface area contributed by atoms with E-state index < -0.39 is 5.60 Å². The molecule has 2 aliphatic rings. The van der Waals surface area contributed by atoms with Gasteiger partial charge in [0.2, 0.25) is 0 Å². The Labute approximate surface area is 155 Å². The molecule has 1 aromatic heterocycles. The van der Waals surface area contributed by atoms with E-state index in [9.17, 15) is 15.3 Å². The van der Waals surface area contributed by atoms with Crippen LogP contribution in [0, 0.1) is 0 Å². The smallest absolute Gasteiger partial charge is 0.158 e. The fourth-order valence-corrected chi connectivity index (χ4v) is 3.95. The monoisotopic (exact) mass is 358 g/mol. The Hall–Kier alpha value is -3.31. The number of H-pyrrole nitrogens is 1. The van der Waals surface area contributed by atoms with Gasteiger partial charge in [0.25, 0.3) is 0 Å². The topological polar surface area (TPSA) is 89.4 Å². The van der Waals surface area contributed by atoms with Gasteiger partial charge in [-0.05, 0) is 34.9 Å². The summed E-state index contributed by atoms with van der Waals surface area (Å²) < 4.78 is 0. The van der Waals surface area contributed by atoms with Crippen LogP contribution in [0.1, 0.15) is 28.8 Å². The molecule has 0 saturated carbocycles. The van der Waals surface area contributed by atoms with Crippen molar-refractivity contribution in [1.82, 2.24) is 10.2 Å². The van der Waals surface area contributed by atoms with Crippen molar-refractivity contribution in [3.63, 3.8) is 0 Å². The Morgan fingerprint density at radius 3 is 2.56 bits per heavy atom. The number of aromatic nitrogens is 2. The van der Waals surface area contributed by atoms with Crippen LogP contribution in [0.25, 0.3) is 16.8 Å². The third kappa shape index (κ3) is 2.39. The minimum Gasteiger partial charge on any atom is -0.504 e. The molecule has 1 unspecified atom stereocenters. The summed E-state index contributed by atoms with van der Waals surface area (Å²) in [5, 5.41) is 38.2. The van der Waals surface area contributed by atoms with Gasteiger partial charge in [0, 0.05) is 24.0 Å². The molecule has 2 aromatic carbocycles. The van der Waals surface area contributed by atoms with Crippen molar-refractivity contribution in [2.45, 2.75) is 18.4 Å². The fraction of sp³-hybridized carbons (Fsp3) is 0.136. The Bertz CT molecular complexity index is 1110. The van der Waals surface area contributed by atoms with E-state index >= 15 is 0 Å². The molecule has 5 rings (SSSR count). The lowest BCUT2D eigenvalue weighted by molar-refractivity contribution is 0.0863. The molecule has 0 bridgehead atoms. The lowest BCUT2D eigenvalue weighted by Gasteiger charge is -2.26. The summed E-state index contributed by atoms with van der Waals surface area (Å²) in [7, 11) is 0. The molecule has 1 atom stereocenters. The predicted molar refractivity (Wildman–Crippen MR) is 102 cm³/mol. The maximum atomic E-state index is 11.2. The summed E-state index contributed by atoms with van der Waals surface area (Å²) >= 11 is 0. The number of nitrogens with one attached hydrogen (secondary N) is 1. The van der Waals surface area contributed by atoms with Gasteiger partial charge in [0.05, 0.1) is 11.4 Å². The summed E-state index contributed by atoms with van der Waals surface area (Å²) in [6.07, 6.45) is 6.76. The molecule has 0 saturated heterocycles. The maximum Gasteiger partial charge on any atom is 0.158 e. The van der Waals surface area contributed by atoms with E-state index in [-0.39, 0.29) is 11.5 Å². The molecule has 2 aliphatic carbocycles. The number of aromatic amines is 1. The first-order valence-corrected chi connectivity index (χ1v) is 8.85. The molecular weight excluding hydrogens is 340 g/mol. The Kier molecular flexibility index (Phi) is 3.29. The summed E-state index contributed by atoms with van der Waals surface area (Å²) in [6, 6.07) is 13.1. The number of rotatable bonds is 2. The zero-order valence-corrected chi connectivity index (χ0v) is 14.5. The first-order chi connectivity index (χ1) is 13.0. The number of aliphatic hydroxyl groups is 1. The number of hydrogen-bond acceptors (Lipinski definition) is 4. The molecular formula is C22H18N2O3. The second-order valence-corrected chi connectivity index (χ2v) is 7.09. The van der Waals surface area contributed by atoms with Gasteiger partial charge >= 0.3 is 0 Å². The van der Waals surface area contributed by atoms with Crippen LogP contribution in [0.4, 0.5) is 0 Å². The average molecular weight is 358 g/mol. The highest BCUT2D eigenvalue weighted by molar-refractivity contribution is 5.79. The number of fused-ring (bicyclic) bond motifs is 3. The van der Waals surface area contributed by atoms with Crippen LogP contribution in [0.3, 0.4) is 0 Å². The minimum absolute atomic E-state index is 0.142. The number of phenolic OH excluding ortho intramolecular Hbond substituents is 2. The Morgan fingerprint density at radius 1 is 1.04 bits per heavy atom. The number of hydrogen-bond donors (Lipinski definition) is 4. The van der Waals surface area contributed by atoms with Crippen molar-refractivity contribution in [1.29, 1.82) is 0 Å². The number of allylic oxidation sites excluding steroid dienone is 2. The zero-order chi connectivity index (χ0) is 18.6. The van der Waals surface area contributed by atoms with Gasteiger partial charge < -0.3 is 15.3 Å². The molecule has 27 heavy (non-hydrogen) atoms. The van der Waals surface area contributed by atoms with Crippen molar-refractivity contribution >= 4 is 5.57 Å². The summed E-state index contributed by atoms with van der Waals surface area (Å²) in [5.74, 6) is -0.311. The van der Waals surface area contributed by atoms with E-state index in [1.807, 2.05) is 42.5 Å². The molecule has 0 radical (unpaired) electrons. The van der Waals surface area contributed by atoms with Crippen molar-refractivity contribution in [2.24, 2.45) is 0 Å². The molecule has 1 heterocycles. The molecule has 5 heteroatoms. The van der Waals surface area contributed by atoms with Crippen LogP contribution in [0.2, 0.25) is 0 Å². The number of phenols is 2. The highest BCUT2D eigenvalue weighted by Crippen LogP contribution is 2.45. The van der Waals surface area contributed by atoms with E-state index in [0.717, 1.165) is 33.5 Å². The second-order valence-electron chi connectivity index (χ2n) is 7.09. The van der Waals surface area contributed by atoms with Crippen molar-refractivity contribution in [2.75, 3.05) is 0 Å². The van der Waals surface area contributed by atoms with E-state index in [2.05, 4.69) is 10.2 Å². The van der Waals surface area contributed by atoms with Gasteiger partial charge in [-0.15, -0.1) is 0 Å². The SMILES string of the molecule is Oc1cc2c(cc1O)-c1n[nH]c(C3(O)C=CC(c4ccccc4)=CC3)c1C2. The molecule has 0 aliphatic heterocycles. The van der Waals surface area contributed by atoms with E-state index in [1.165, 1.54) is 6.07 Å². The lowest BCUT2D eigenvalue weighted by Crippen LogP contribution is -2.26. The highest BCUT2D eigenvalue weighted by atomic mass is 16.3. The number of nitrogens with zero attached hydrogens (tertiary/aromatic N) is 1. The molecule has 0 spiro atoms. The summed E-state index contributed by atoms with van der Waals surface area (Å²) in [6.45, 7) is 0. The van der Waals surface area contributed by atoms with E-state index in [0.29, 0.717) is 18.5 Å². The van der Waals surface area contributed by atoms with Crippen molar-refractivity contribution in [3.05, 3.63) is 83.1 Å². The Balaban J connectivity index is 1.50. The lowest BCUT2D eigenvalue weighted by atomic mass is 9.85. The molecule has 0 fully saturated rings. The largest absolute Gasteiger partial charge is 0.504 e. The molecule has 134 valence electrons. The Morgan fingerprint density at radius 2 is 1.81 bits per heavy atom. The molecule has 5 nitrogen and oxygen atoms in total. The van der Waals surface area contributed by atoms with Gasteiger partial charge in [0.1, 0.15) is 5.60 Å². The van der Waals surface area contributed by atoms with Crippen LogP contribution in [-0.2, 0) is 12.0 Å². The number of benzene rings is 2. The zero-order valence-electron chi connectivity index (χ0n) is 14.5. The molecule has 0 amide bonds. The first-order valence-electron chi connectivity index (χ1n) is 8.85. The third-order valence-electron chi connectivity index (χ3n) is 5.40. The van der Waals surface area contributed by atoms with E-state index in [4.69, 9.17) is 0 Å².